The molecule has 3 aromatic rings. The molecule has 120 valence electrons. The van der Waals surface area contributed by atoms with Crippen LogP contribution in [0, 0.1) is 0 Å². The molecule has 24 heavy (non-hydrogen) atoms. The minimum atomic E-state index is -0.311. The van der Waals surface area contributed by atoms with E-state index in [4.69, 9.17) is 0 Å². The van der Waals surface area contributed by atoms with E-state index in [1.807, 2.05) is 25.1 Å². The lowest BCUT2D eigenvalue weighted by Gasteiger charge is -2.21. The first-order chi connectivity index (χ1) is 11.6. The van der Waals surface area contributed by atoms with Crippen LogP contribution in [0.1, 0.15) is 17.3 Å². The van der Waals surface area contributed by atoms with E-state index in [0.29, 0.717) is 22.8 Å². The molecule has 0 saturated carbocycles. The van der Waals surface area contributed by atoms with Gasteiger partial charge in [-0.05, 0) is 37.3 Å². The number of fused-ring (bicyclic) bond motifs is 2. The molecule has 2 aromatic heterocycles. The molecule has 1 unspecified atom stereocenters. The fourth-order valence-corrected chi connectivity index (χ4v) is 3.38. The summed E-state index contributed by atoms with van der Waals surface area (Å²) in [6.45, 7) is 1.85. The summed E-state index contributed by atoms with van der Waals surface area (Å²) in [5.74, 6) is -0.0253. The summed E-state index contributed by atoms with van der Waals surface area (Å²) >= 11 is 1.48. The monoisotopic (exact) mass is 339 g/mol. The van der Waals surface area contributed by atoms with E-state index < -0.39 is 0 Å². The largest absolute Gasteiger partial charge is 0.324 e. The lowest BCUT2D eigenvalue weighted by molar-refractivity contribution is -0.115. The van der Waals surface area contributed by atoms with Crippen LogP contribution in [0.2, 0.25) is 0 Å². The molecule has 1 aliphatic heterocycles. The van der Waals surface area contributed by atoms with E-state index in [1.54, 1.807) is 28.8 Å². The molecular formula is C16H13N5O2S. The molecule has 4 rings (SSSR count). The van der Waals surface area contributed by atoms with Gasteiger partial charge >= 0.3 is 0 Å². The van der Waals surface area contributed by atoms with Crippen molar-refractivity contribution in [2.45, 2.75) is 17.1 Å². The number of nitrogens with zero attached hydrogens (tertiary/aromatic N) is 3. The van der Waals surface area contributed by atoms with E-state index in [2.05, 4.69) is 20.8 Å². The molecule has 0 bridgehead atoms. The predicted octanol–water partition coefficient (Wildman–Crippen LogP) is 2.41. The number of hydrogen-bond acceptors (Lipinski definition) is 5. The standard InChI is InChI=1S/C16H13N5O2S/c1-9-14(22)17-11-8-10(5-6-12(11)24-9)15(23)18-16-20-19-13-4-2-3-7-21(13)16/h2-9H,1H3,(H,17,22)(H,18,20,23). The van der Waals surface area contributed by atoms with E-state index in [-0.39, 0.29) is 17.1 Å². The van der Waals surface area contributed by atoms with Crippen molar-refractivity contribution < 1.29 is 9.59 Å². The van der Waals surface area contributed by atoms with Crippen molar-refractivity contribution in [3.8, 4) is 0 Å². The van der Waals surface area contributed by atoms with Crippen molar-refractivity contribution in [2.24, 2.45) is 0 Å². The van der Waals surface area contributed by atoms with Gasteiger partial charge in [-0.1, -0.05) is 6.07 Å². The van der Waals surface area contributed by atoms with Crippen molar-refractivity contribution in [1.82, 2.24) is 14.6 Å². The Bertz CT molecular complexity index is 968. The highest BCUT2D eigenvalue weighted by Crippen LogP contribution is 2.36. The summed E-state index contributed by atoms with van der Waals surface area (Å²) < 4.78 is 1.69. The highest BCUT2D eigenvalue weighted by molar-refractivity contribution is 8.00. The van der Waals surface area contributed by atoms with Gasteiger partial charge in [-0.15, -0.1) is 22.0 Å². The van der Waals surface area contributed by atoms with E-state index in [0.717, 1.165) is 4.90 Å². The maximum Gasteiger partial charge on any atom is 0.258 e. The van der Waals surface area contributed by atoms with Gasteiger partial charge in [-0.2, -0.15) is 0 Å². The molecule has 0 radical (unpaired) electrons. The predicted molar refractivity (Wildman–Crippen MR) is 91.3 cm³/mol. The number of hydrogen-bond donors (Lipinski definition) is 2. The van der Waals surface area contributed by atoms with Gasteiger partial charge in [0.2, 0.25) is 11.9 Å². The molecule has 2 N–H and O–H groups in total. The van der Waals surface area contributed by atoms with E-state index >= 15 is 0 Å². The number of carbonyl (C=O) groups is 2. The van der Waals surface area contributed by atoms with Gasteiger partial charge in [0.05, 0.1) is 10.9 Å². The van der Waals surface area contributed by atoms with Gasteiger partial charge in [0.25, 0.3) is 5.91 Å². The molecule has 2 amide bonds. The number of anilines is 2. The first-order valence-electron chi connectivity index (χ1n) is 7.34. The molecule has 0 fully saturated rings. The number of pyridine rings is 1. The Balaban J connectivity index is 1.61. The SMILES string of the molecule is CC1Sc2ccc(C(=O)Nc3nnc4ccccn34)cc2NC1=O. The van der Waals surface area contributed by atoms with E-state index in [1.165, 1.54) is 11.8 Å². The lowest BCUT2D eigenvalue weighted by Crippen LogP contribution is -2.26. The summed E-state index contributed by atoms with van der Waals surface area (Å²) in [6.07, 6.45) is 1.77. The summed E-state index contributed by atoms with van der Waals surface area (Å²) in [7, 11) is 0. The van der Waals surface area contributed by atoms with Crippen molar-refractivity contribution in [3.63, 3.8) is 0 Å². The van der Waals surface area contributed by atoms with Crippen LogP contribution in [-0.4, -0.2) is 31.7 Å². The minimum absolute atomic E-state index is 0.0616. The van der Waals surface area contributed by atoms with Gasteiger partial charge in [0.1, 0.15) is 0 Å². The number of amides is 2. The lowest BCUT2D eigenvalue weighted by atomic mass is 10.2. The average Bonchev–Trinajstić information content (AvgIpc) is 2.99. The number of aromatic nitrogens is 3. The number of thioether (sulfide) groups is 1. The number of rotatable bonds is 2. The van der Waals surface area contributed by atoms with Crippen LogP contribution < -0.4 is 10.6 Å². The molecule has 7 nitrogen and oxygen atoms in total. The van der Waals surface area contributed by atoms with Crippen LogP contribution >= 0.6 is 11.8 Å². The number of benzene rings is 1. The molecule has 3 heterocycles. The Hall–Kier alpha value is -2.87. The van der Waals surface area contributed by atoms with Crippen LogP contribution in [0.4, 0.5) is 11.6 Å². The van der Waals surface area contributed by atoms with Gasteiger partial charge in [0.15, 0.2) is 5.65 Å². The second-order valence-corrected chi connectivity index (χ2v) is 6.75. The van der Waals surface area contributed by atoms with Crippen LogP contribution in [0.25, 0.3) is 5.65 Å². The zero-order valence-electron chi connectivity index (χ0n) is 12.7. The van der Waals surface area contributed by atoms with Gasteiger partial charge in [-0.3, -0.25) is 19.3 Å². The molecule has 1 aliphatic rings. The minimum Gasteiger partial charge on any atom is -0.324 e. The molecule has 0 saturated heterocycles. The third kappa shape index (κ3) is 2.50. The highest BCUT2D eigenvalue weighted by atomic mass is 32.2. The Morgan fingerprint density at radius 3 is 3.04 bits per heavy atom. The Morgan fingerprint density at radius 2 is 2.17 bits per heavy atom. The molecule has 1 atom stereocenters. The first kappa shape index (κ1) is 14.7. The summed E-state index contributed by atoms with van der Waals surface area (Å²) in [5.41, 5.74) is 1.75. The number of carbonyl (C=O) groups excluding carboxylic acids is 2. The maximum absolute atomic E-state index is 12.5. The third-order valence-electron chi connectivity index (χ3n) is 3.71. The van der Waals surface area contributed by atoms with Crippen molar-refractivity contribution in [3.05, 3.63) is 48.2 Å². The van der Waals surface area contributed by atoms with Gasteiger partial charge < -0.3 is 5.32 Å². The molecular weight excluding hydrogens is 326 g/mol. The summed E-state index contributed by atoms with van der Waals surface area (Å²) in [4.78, 5) is 25.2. The van der Waals surface area contributed by atoms with Gasteiger partial charge in [0, 0.05) is 16.7 Å². The molecule has 0 aliphatic carbocycles. The van der Waals surface area contributed by atoms with Crippen molar-refractivity contribution in [1.29, 1.82) is 0 Å². The average molecular weight is 339 g/mol. The molecule has 1 aromatic carbocycles. The second-order valence-electron chi connectivity index (χ2n) is 5.37. The number of nitrogens with one attached hydrogen (secondary N) is 2. The quantitative estimate of drug-likeness (QED) is 0.748. The third-order valence-corrected chi connectivity index (χ3v) is 4.89. The zero-order valence-corrected chi connectivity index (χ0v) is 13.5. The Morgan fingerprint density at radius 1 is 1.29 bits per heavy atom. The van der Waals surface area contributed by atoms with Crippen LogP contribution in [0.5, 0.6) is 0 Å². The van der Waals surface area contributed by atoms with Crippen LogP contribution in [-0.2, 0) is 4.79 Å². The van der Waals surface area contributed by atoms with Crippen molar-refractivity contribution >= 4 is 40.9 Å². The second kappa shape index (κ2) is 5.64. The molecule has 8 heteroatoms. The summed E-state index contributed by atoms with van der Waals surface area (Å²) in [5, 5.41) is 13.4. The fraction of sp³-hybridized carbons (Fsp3) is 0.125. The van der Waals surface area contributed by atoms with Crippen molar-refractivity contribution in [2.75, 3.05) is 10.6 Å². The smallest absolute Gasteiger partial charge is 0.258 e. The first-order valence-corrected chi connectivity index (χ1v) is 8.22. The van der Waals surface area contributed by atoms with Crippen LogP contribution in [0.3, 0.4) is 0 Å². The van der Waals surface area contributed by atoms with E-state index in [9.17, 15) is 9.59 Å². The maximum atomic E-state index is 12.5. The van der Waals surface area contributed by atoms with Gasteiger partial charge in [-0.25, -0.2) is 0 Å². The summed E-state index contributed by atoms with van der Waals surface area (Å²) in [6, 6.07) is 10.7. The fourth-order valence-electron chi connectivity index (χ4n) is 2.45. The van der Waals surface area contributed by atoms with Crippen LogP contribution in [0.15, 0.2) is 47.5 Å². The Kier molecular flexibility index (Phi) is 3.46. The topological polar surface area (TPSA) is 88.4 Å². The Labute approximate surface area is 141 Å². The normalized spacial score (nSPS) is 16.5. The molecule has 0 spiro atoms. The highest BCUT2D eigenvalue weighted by Gasteiger charge is 2.24. The zero-order chi connectivity index (χ0) is 16.7.